The molecule has 3 aromatic carbocycles. The molecular formula is C23H16F3NO3. The SMILES string of the molecule is O=C(O)c1cccc(Cn2c(-c3ccccc3)cc3cc(OC(F)(F)F)ccc32)c1. The molecule has 1 aromatic heterocycles. The van der Waals surface area contributed by atoms with E-state index in [1.165, 1.54) is 18.2 Å². The number of hydrogen-bond acceptors (Lipinski definition) is 2. The second kappa shape index (κ2) is 7.59. The molecule has 4 nitrogen and oxygen atoms in total. The van der Waals surface area contributed by atoms with E-state index in [0.717, 1.165) is 16.8 Å². The molecule has 0 aliphatic heterocycles. The molecule has 0 aliphatic carbocycles. The van der Waals surface area contributed by atoms with Gasteiger partial charge in [0.2, 0.25) is 0 Å². The third kappa shape index (κ3) is 4.15. The number of carboxylic acid groups (broad SMARTS) is 1. The number of carbonyl (C=O) groups is 1. The number of fused-ring (bicyclic) bond motifs is 1. The van der Waals surface area contributed by atoms with Crippen LogP contribution in [0.15, 0.2) is 78.9 Å². The molecule has 1 heterocycles. The van der Waals surface area contributed by atoms with E-state index in [1.54, 1.807) is 24.3 Å². The first-order valence-electron chi connectivity index (χ1n) is 9.07. The number of alkyl halides is 3. The number of rotatable bonds is 5. The van der Waals surface area contributed by atoms with E-state index in [1.807, 2.05) is 41.0 Å². The van der Waals surface area contributed by atoms with Gasteiger partial charge in [0.25, 0.3) is 0 Å². The average molecular weight is 411 g/mol. The Balaban J connectivity index is 1.83. The summed E-state index contributed by atoms with van der Waals surface area (Å²) in [6.45, 7) is 0.355. The maximum atomic E-state index is 12.6. The Hall–Kier alpha value is -3.74. The Bertz CT molecular complexity index is 1210. The van der Waals surface area contributed by atoms with Crippen LogP contribution in [0.1, 0.15) is 15.9 Å². The summed E-state index contributed by atoms with van der Waals surface area (Å²) in [5.74, 6) is -1.31. The first kappa shape index (κ1) is 19.6. The van der Waals surface area contributed by atoms with Gasteiger partial charge in [-0.15, -0.1) is 13.2 Å². The number of hydrogen-bond donors (Lipinski definition) is 1. The molecule has 0 saturated carbocycles. The second-order valence-corrected chi connectivity index (χ2v) is 6.76. The van der Waals surface area contributed by atoms with E-state index in [0.29, 0.717) is 17.4 Å². The molecular weight excluding hydrogens is 395 g/mol. The van der Waals surface area contributed by atoms with Gasteiger partial charge in [-0.3, -0.25) is 0 Å². The molecule has 4 aromatic rings. The maximum Gasteiger partial charge on any atom is 0.573 e. The summed E-state index contributed by atoms with van der Waals surface area (Å²) in [5, 5.41) is 9.84. The third-order valence-electron chi connectivity index (χ3n) is 4.69. The lowest BCUT2D eigenvalue weighted by Crippen LogP contribution is -2.17. The van der Waals surface area contributed by atoms with Crippen LogP contribution in [-0.2, 0) is 6.54 Å². The fourth-order valence-electron chi connectivity index (χ4n) is 3.45. The van der Waals surface area contributed by atoms with Gasteiger partial charge in [-0.1, -0.05) is 42.5 Å². The van der Waals surface area contributed by atoms with Crippen LogP contribution in [-0.4, -0.2) is 22.0 Å². The number of halogens is 3. The smallest absolute Gasteiger partial charge is 0.478 e. The molecule has 0 bridgehead atoms. The van der Waals surface area contributed by atoms with E-state index in [9.17, 15) is 23.1 Å². The lowest BCUT2D eigenvalue weighted by molar-refractivity contribution is -0.274. The molecule has 0 amide bonds. The van der Waals surface area contributed by atoms with E-state index in [4.69, 9.17) is 0 Å². The topological polar surface area (TPSA) is 51.5 Å². The van der Waals surface area contributed by atoms with Gasteiger partial charge in [0.15, 0.2) is 0 Å². The van der Waals surface area contributed by atoms with Gasteiger partial charge in [-0.25, -0.2) is 4.79 Å². The Labute approximate surface area is 169 Å². The van der Waals surface area contributed by atoms with Crippen LogP contribution in [0.3, 0.4) is 0 Å². The predicted octanol–water partition coefficient (Wildman–Crippen LogP) is 5.95. The minimum absolute atomic E-state index is 0.172. The maximum absolute atomic E-state index is 12.6. The van der Waals surface area contributed by atoms with Crippen molar-refractivity contribution in [2.75, 3.05) is 0 Å². The Kier molecular flexibility index (Phi) is 4.95. The fraction of sp³-hybridized carbons (Fsp3) is 0.0870. The number of nitrogens with zero attached hydrogens (tertiary/aromatic N) is 1. The normalized spacial score (nSPS) is 11.6. The quantitative estimate of drug-likeness (QED) is 0.441. The van der Waals surface area contributed by atoms with Gasteiger partial charge in [0.05, 0.1) is 5.56 Å². The number of ether oxygens (including phenoxy) is 1. The predicted molar refractivity (Wildman–Crippen MR) is 107 cm³/mol. The number of benzene rings is 3. The van der Waals surface area contributed by atoms with Gasteiger partial charge >= 0.3 is 12.3 Å². The van der Waals surface area contributed by atoms with Crippen molar-refractivity contribution in [3.05, 3.63) is 90.0 Å². The molecule has 0 fully saturated rings. The van der Waals surface area contributed by atoms with Crippen LogP contribution < -0.4 is 4.74 Å². The van der Waals surface area contributed by atoms with Crippen LogP contribution in [0.4, 0.5) is 13.2 Å². The van der Waals surface area contributed by atoms with E-state index < -0.39 is 12.3 Å². The molecule has 152 valence electrons. The first-order chi connectivity index (χ1) is 14.3. The molecule has 0 aliphatic rings. The van der Waals surface area contributed by atoms with E-state index in [2.05, 4.69) is 4.74 Å². The summed E-state index contributed by atoms with van der Waals surface area (Å²) in [6, 6.07) is 22.0. The van der Waals surface area contributed by atoms with E-state index in [-0.39, 0.29) is 11.3 Å². The van der Waals surface area contributed by atoms with Gasteiger partial charge in [-0.05, 0) is 47.5 Å². The lowest BCUT2D eigenvalue weighted by atomic mass is 10.1. The zero-order valence-corrected chi connectivity index (χ0v) is 15.6. The summed E-state index contributed by atoms with van der Waals surface area (Å²) in [6.07, 6.45) is -4.77. The Morgan fingerprint density at radius 1 is 0.933 bits per heavy atom. The van der Waals surface area contributed by atoms with Crippen LogP contribution >= 0.6 is 0 Å². The highest BCUT2D eigenvalue weighted by Crippen LogP contribution is 2.33. The average Bonchev–Trinajstić information content (AvgIpc) is 3.05. The minimum atomic E-state index is -4.77. The molecule has 1 N–H and O–H groups in total. The summed E-state index contributed by atoms with van der Waals surface area (Å²) in [5.41, 5.74) is 3.34. The van der Waals surface area contributed by atoms with Crippen molar-refractivity contribution in [2.45, 2.75) is 12.9 Å². The van der Waals surface area contributed by atoms with Crippen molar-refractivity contribution in [3.63, 3.8) is 0 Å². The van der Waals surface area contributed by atoms with Crippen LogP contribution in [0.2, 0.25) is 0 Å². The summed E-state index contributed by atoms with van der Waals surface area (Å²) < 4.78 is 43.8. The van der Waals surface area contributed by atoms with Crippen molar-refractivity contribution in [1.82, 2.24) is 4.57 Å². The monoisotopic (exact) mass is 411 g/mol. The summed E-state index contributed by atoms with van der Waals surface area (Å²) >= 11 is 0. The fourth-order valence-corrected chi connectivity index (χ4v) is 3.45. The van der Waals surface area contributed by atoms with Crippen molar-refractivity contribution >= 4 is 16.9 Å². The summed E-state index contributed by atoms with van der Waals surface area (Å²) in [7, 11) is 0. The molecule has 0 saturated heterocycles. The highest BCUT2D eigenvalue weighted by atomic mass is 19.4. The van der Waals surface area contributed by atoms with Crippen molar-refractivity contribution in [1.29, 1.82) is 0 Å². The standard InChI is InChI=1S/C23H16F3NO3/c24-23(25,26)30-19-9-10-20-18(12-19)13-21(16-6-2-1-3-7-16)27(20)14-15-5-4-8-17(11-15)22(28)29/h1-13H,14H2,(H,28,29). The third-order valence-corrected chi connectivity index (χ3v) is 4.69. The van der Waals surface area contributed by atoms with Gasteiger partial charge < -0.3 is 14.4 Å². The van der Waals surface area contributed by atoms with Crippen LogP contribution in [0, 0.1) is 0 Å². The lowest BCUT2D eigenvalue weighted by Gasteiger charge is -2.13. The van der Waals surface area contributed by atoms with Gasteiger partial charge in [0, 0.05) is 23.1 Å². The number of aromatic carboxylic acids is 1. The van der Waals surface area contributed by atoms with Crippen molar-refractivity contribution in [3.8, 4) is 17.0 Å². The zero-order chi connectivity index (χ0) is 21.3. The molecule has 0 radical (unpaired) electrons. The van der Waals surface area contributed by atoms with Crippen LogP contribution in [0.25, 0.3) is 22.2 Å². The molecule has 0 atom stereocenters. The van der Waals surface area contributed by atoms with Crippen molar-refractivity contribution < 1.29 is 27.8 Å². The van der Waals surface area contributed by atoms with Gasteiger partial charge in [-0.2, -0.15) is 0 Å². The highest BCUT2D eigenvalue weighted by molar-refractivity contribution is 5.89. The largest absolute Gasteiger partial charge is 0.573 e. The number of aromatic nitrogens is 1. The Morgan fingerprint density at radius 2 is 1.70 bits per heavy atom. The highest BCUT2D eigenvalue weighted by Gasteiger charge is 2.31. The van der Waals surface area contributed by atoms with Crippen LogP contribution in [0.5, 0.6) is 5.75 Å². The molecule has 30 heavy (non-hydrogen) atoms. The zero-order valence-electron chi connectivity index (χ0n) is 15.6. The molecule has 7 heteroatoms. The van der Waals surface area contributed by atoms with E-state index >= 15 is 0 Å². The molecule has 0 spiro atoms. The second-order valence-electron chi connectivity index (χ2n) is 6.76. The summed E-state index contributed by atoms with van der Waals surface area (Å²) in [4.78, 5) is 11.3. The van der Waals surface area contributed by atoms with Crippen molar-refractivity contribution in [2.24, 2.45) is 0 Å². The minimum Gasteiger partial charge on any atom is -0.478 e. The molecule has 0 unspecified atom stereocenters. The number of carboxylic acids is 1. The van der Waals surface area contributed by atoms with Gasteiger partial charge in [0.1, 0.15) is 5.75 Å². The Morgan fingerprint density at radius 3 is 2.40 bits per heavy atom. The molecule has 4 rings (SSSR count). The first-order valence-corrected chi connectivity index (χ1v) is 9.07.